The SMILES string of the molecule is C#Cc1cnn(C)c1NOCc1ccccc1. The Labute approximate surface area is 100 Å². The summed E-state index contributed by atoms with van der Waals surface area (Å²) >= 11 is 0. The van der Waals surface area contributed by atoms with Crippen molar-refractivity contribution in [2.75, 3.05) is 5.48 Å². The van der Waals surface area contributed by atoms with Crippen molar-refractivity contribution in [3.63, 3.8) is 0 Å². The molecule has 0 fully saturated rings. The molecule has 0 saturated heterocycles. The number of aromatic nitrogens is 2. The van der Waals surface area contributed by atoms with Gasteiger partial charge >= 0.3 is 0 Å². The number of anilines is 1. The molecule has 1 heterocycles. The predicted octanol–water partition coefficient (Wildman–Crippen LogP) is 1.95. The third-order valence-corrected chi connectivity index (χ3v) is 2.34. The molecule has 0 aliphatic carbocycles. The van der Waals surface area contributed by atoms with E-state index < -0.39 is 0 Å². The van der Waals surface area contributed by atoms with Crippen LogP contribution in [0.15, 0.2) is 36.5 Å². The molecule has 0 radical (unpaired) electrons. The van der Waals surface area contributed by atoms with Crippen LogP contribution >= 0.6 is 0 Å². The van der Waals surface area contributed by atoms with Gasteiger partial charge in [-0.05, 0) is 5.56 Å². The van der Waals surface area contributed by atoms with Crippen LogP contribution in [0.2, 0.25) is 0 Å². The fraction of sp³-hybridized carbons (Fsp3) is 0.154. The van der Waals surface area contributed by atoms with E-state index in [9.17, 15) is 0 Å². The topological polar surface area (TPSA) is 39.1 Å². The maximum absolute atomic E-state index is 5.38. The molecule has 0 spiro atoms. The number of rotatable bonds is 4. The number of hydrogen-bond donors (Lipinski definition) is 1. The zero-order chi connectivity index (χ0) is 12.1. The highest BCUT2D eigenvalue weighted by Gasteiger charge is 2.05. The van der Waals surface area contributed by atoms with Gasteiger partial charge in [0.2, 0.25) is 0 Å². The number of hydrogen-bond acceptors (Lipinski definition) is 3. The second kappa shape index (κ2) is 5.19. The molecule has 0 unspecified atom stereocenters. The second-order valence-corrected chi connectivity index (χ2v) is 3.55. The summed E-state index contributed by atoms with van der Waals surface area (Å²) < 4.78 is 1.64. The monoisotopic (exact) mass is 227 g/mol. The first kappa shape index (κ1) is 11.2. The summed E-state index contributed by atoms with van der Waals surface area (Å²) in [4.78, 5) is 5.38. The molecular weight excluding hydrogens is 214 g/mol. The Hall–Kier alpha value is -2.25. The molecule has 0 amide bonds. The molecule has 4 nitrogen and oxygen atoms in total. The molecule has 2 rings (SSSR count). The Morgan fingerprint density at radius 1 is 1.41 bits per heavy atom. The van der Waals surface area contributed by atoms with E-state index in [0.29, 0.717) is 18.0 Å². The molecule has 1 N–H and O–H groups in total. The van der Waals surface area contributed by atoms with Crippen molar-refractivity contribution in [1.82, 2.24) is 9.78 Å². The minimum Gasteiger partial charge on any atom is -0.270 e. The highest BCUT2D eigenvalue weighted by atomic mass is 16.6. The molecule has 0 saturated carbocycles. The maximum atomic E-state index is 5.38. The van der Waals surface area contributed by atoms with Gasteiger partial charge in [0.05, 0.1) is 18.4 Å². The van der Waals surface area contributed by atoms with Gasteiger partial charge in [0.1, 0.15) is 0 Å². The van der Waals surface area contributed by atoms with E-state index in [1.54, 1.807) is 17.9 Å². The van der Waals surface area contributed by atoms with Crippen LogP contribution in [-0.2, 0) is 18.5 Å². The van der Waals surface area contributed by atoms with E-state index in [-0.39, 0.29) is 0 Å². The van der Waals surface area contributed by atoms with E-state index in [0.717, 1.165) is 5.56 Å². The lowest BCUT2D eigenvalue weighted by Gasteiger charge is -2.07. The minimum atomic E-state index is 0.468. The molecule has 17 heavy (non-hydrogen) atoms. The molecule has 2 aromatic rings. The van der Waals surface area contributed by atoms with Crippen LogP contribution in [0, 0.1) is 12.3 Å². The third-order valence-electron chi connectivity index (χ3n) is 2.34. The summed E-state index contributed by atoms with van der Waals surface area (Å²) in [6.07, 6.45) is 6.97. The number of aryl methyl sites for hydroxylation is 1. The summed E-state index contributed by atoms with van der Waals surface area (Å²) in [5, 5.41) is 4.04. The van der Waals surface area contributed by atoms with E-state index in [1.807, 2.05) is 30.3 Å². The van der Waals surface area contributed by atoms with Gasteiger partial charge in [0, 0.05) is 7.05 Å². The van der Waals surface area contributed by atoms with E-state index >= 15 is 0 Å². The van der Waals surface area contributed by atoms with Gasteiger partial charge in [-0.15, -0.1) is 6.42 Å². The van der Waals surface area contributed by atoms with Gasteiger partial charge < -0.3 is 0 Å². The fourth-order valence-electron chi connectivity index (χ4n) is 1.43. The summed E-state index contributed by atoms with van der Waals surface area (Å²) in [5.74, 6) is 3.22. The lowest BCUT2D eigenvalue weighted by atomic mass is 10.2. The van der Waals surface area contributed by atoms with Gasteiger partial charge in [-0.2, -0.15) is 5.10 Å². The molecule has 0 aliphatic rings. The van der Waals surface area contributed by atoms with Crippen molar-refractivity contribution < 1.29 is 4.84 Å². The molecular formula is C13H13N3O. The van der Waals surface area contributed by atoms with Crippen LogP contribution in [0.5, 0.6) is 0 Å². The number of terminal acetylenes is 1. The Balaban J connectivity index is 1.95. The molecule has 0 atom stereocenters. The number of nitrogens with one attached hydrogen (secondary N) is 1. The van der Waals surface area contributed by atoms with Crippen LogP contribution < -0.4 is 5.48 Å². The van der Waals surface area contributed by atoms with Crippen LogP contribution in [0.3, 0.4) is 0 Å². The van der Waals surface area contributed by atoms with E-state index in [1.165, 1.54) is 0 Å². The van der Waals surface area contributed by atoms with Crippen molar-refractivity contribution in [3.8, 4) is 12.3 Å². The Morgan fingerprint density at radius 3 is 2.88 bits per heavy atom. The minimum absolute atomic E-state index is 0.468. The van der Waals surface area contributed by atoms with Crippen molar-refractivity contribution in [2.24, 2.45) is 7.05 Å². The average Bonchev–Trinajstić information content (AvgIpc) is 2.72. The zero-order valence-electron chi connectivity index (χ0n) is 9.55. The van der Waals surface area contributed by atoms with Gasteiger partial charge in [-0.25, -0.2) is 5.48 Å². The molecule has 1 aromatic carbocycles. The first-order valence-electron chi connectivity index (χ1n) is 5.21. The Bertz CT molecular complexity index is 525. The third kappa shape index (κ3) is 2.65. The van der Waals surface area contributed by atoms with E-state index in [2.05, 4.69) is 16.5 Å². The second-order valence-electron chi connectivity index (χ2n) is 3.55. The Morgan fingerprint density at radius 2 is 2.18 bits per heavy atom. The molecule has 86 valence electrons. The number of benzene rings is 1. The summed E-state index contributed by atoms with van der Waals surface area (Å²) in [7, 11) is 1.80. The Kier molecular flexibility index (Phi) is 3.43. The lowest BCUT2D eigenvalue weighted by molar-refractivity contribution is 0.177. The van der Waals surface area contributed by atoms with E-state index in [4.69, 9.17) is 11.3 Å². The highest BCUT2D eigenvalue weighted by molar-refractivity contribution is 5.51. The summed E-state index contributed by atoms with van der Waals surface area (Å²) in [6.45, 7) is 0.468. The lowest BCUT2D eigenvalue weighted by Crippen LogP contribution is -2.07. The van der Waals surface area contributed by atoms with Crippen molar-refractivity contribution in [1.29, 1.82) is 0 Å². The highest BCUT2D eigenvalue weighted by Crippen LogP contribution is 2.12. The van der Waals surface area contributed by atoms with Crippen molar-refractivity contribution >= 4 is 5.82 Å². The van der Waals surface area contributed by atoms with Crippen LogP contribution in [0.1, 0.15) is 11.1 Å². The van der Waals surface area contributed by atoms with Crippen LogP contribution in [0.4, 0.5) is 5.82 Å². The first-order chi connectivity index (χ1) is 8.31. The maximum Gasteiger partial charge on any atom is 0.163 e. The molecule has 1 aromatic heterocycles. The van der Waals surface area contributed by atoms with Gasteiger partial charge in [0.25, 0.3) is 0 Å². The number of nitrogens with zero attached hydrogens (tertiary/aromatic N) is 2. The molecule has 0 aliphatic heterocycles. The quantitative estimate of drug-likeness (QED) is 0.641. The summed E-state index contributed by atoms with van der Waals surface area (Å²) in [6, 6.07) is 9.89. The average molecular weight is 227 g/mol. The predicted molar refractivity (Wildman–Crippen MR) is 66.0 cm³/mol. The van der Waals surface area contributed by atoms with Crippen LogP contribution in [0.25, 0.3) is 0 Å². The standard InChI is InChI=1S/C13H13N3O/c1-3-12-9-14-16(2)13(12)15-17-10-11-7-5-4-6-8-11/h1,4-9,15H,10H2,2H3. The van der Waals surface area contributed by atoms with Crippen molar-refractivity contribution in [2.45, 2.75) is 6.61 Å². The van der Waals surface area contributed by atoms with Gasteiger partial charge in [0.15, 0.2) is 5.82 Å². The van der Waals surface area contributed by atoms with Gasteiger partial charge in [-0.3, -0.25) is 9.52 Å². The van der Waals surface area contributed by atoms with Crippen LogP contribution in [-0.4, -0.2) is 9.78 Å². The summed E-state index contributed by atoms with van der Waals surface area (Å²) in [5.41, 5.74) is 4.59. The first-order valence-corrected chi connectivity index (χ1v) is 5.21. The molecule has 0 bridgehead atoms. The largest absolute Gasteiger partial charge is 0.270 e. The smallest absolute Gasteiger partial charge is 0.163 e. The van der Waals surface area contributed by atoms with Gasteiger partial charge in [-0.1, -0.05) is 36.3 Å². The normalized spacial score (nSPS) is 9.88. The molecule has 4 heteroatoms. The fourth-order valence-corrected chi connectivity index (χ4v) is 1.43. The zero-order valence-corrected chi connectivity index (χ0v) is 9.55. The van der Waals surface area contributed by atoms with Crippen molar-refractivity contribution in [3.05, 3.63) is 47.7 Å².